The van der Waals surface area contributed by atoms with Gasteiger partial charge in [-0.2, -0.15) is 0 Å². The van der Waals surface area contributed by atoms with E-state index >= 15 is 0 Å². The largest absolute Gasteiger partial charge is 0.369 e. The van der Waals surface area contributed by atoms with E-state index in [4.69, 9.17) is 14.2 Å². The lowest BCUT2D eigenvalue weighted by Crippen LogP contribution is -2.38. The van der Waals surface area contributed by atoms with Gasteiger partial charge < -0.3 is 14.2 Å². The van der Waals surface area contributed by atoms with Crippen LogP contribution in [-0.2, 0) is 11.3 Å². The fourth-order valence-electron chi connectivity index (χ4n) is 3.24. The number of nitrogens with zero attached hydrogens (tertiary/aromatic N) is 4. The van der Waals surface area contributed by atoms with Crippen molar-refractivity contribution in [2.75, 3.05) is 19.7 Å². The van der Waals surface area contributed by atoms with Crippen LogP contribution in [0.3, 0.4) is 0 Å². The summed E-state index contributed by atoms with van der Waals surface area (Å²) in [4.78, 5) is 14.6. The number of aromatic nitrogens is 4. The summed E-state index contributed by atoms with van der Waals surface area (Å²) >= 11 is 0. The van der Waals surface area contributed by atoms with Gasteiger partial charge in [0.05, 0.1) is 35.8 Å². The lowest BCUT2D eigenvalue weighted by atomic mass is 10.1. The van der Waals surface area contributed by atoms with Crippen molar-refractivity contribution in [3.8, 4) is 11.3 Å². The van der Waals surface area contributed by atoms with Crippen LogP contribution in [-0.4, -0.2) is 44.7 Å². The van der Waals surface area contributed by atoms with Crippen LogP contribution in [0.15, 0.2) is 35.1 Å². The fraction of sp³-hybridized carbons (Fsp3) is 0.389. The minimum absolute atomic E-state index is 0.0517. The van der Waals surface area contributed by atoms with Crippen molar-refractivity contribution in [3.05, 3.63) is 53.6 Å². The van der Waals surface area contributed by atoms with Gasteiger partial charge in [0.15, 0.2) is 0 Å². The van der Waals surface area contributed by atoms with Crippen molar-refractivity contribution >= 4 is 0 Å². The second kappa shape index (κ2) is 6.78. The Balaban J connectivity index is 1.54. The molecule has 7 nitrogen and oxygen atoms in total. The first-order valence-corrected chi connectivity index (χ1v) is 8.43. The van der Waals surface area contributed by atoms with Crippen LogP contribution in [0.4, 0.5) is 0 Å². The number of ether oxygens (including phenoxy) is 1. The van der Waals surface area contributed by atoms with Gasteiger partial charge in [-0.3, -0.25) is 4.90 Å². The molecule has 1 atom stereocenters. The van der Waals surface area contributed by atoms with Crippen LogP contribution in [0.2, 0.25) is 0 Å². The quantitative estimate of drug-likeness (QED) is 0.787. The number of aryl methyl sites for hydroxylation is 2. The van der Waals surface area contributed by atoms with Crippen molar-refractivity contribution in [1.82, 2.24) is 25.0 Å². The molecule has 0 aromatic carbocycles. The molecule has 3 aromatic rings. The van der Waals surface area contributed by atoms with Crippen molar-refractivity contribution in [2.24, 2.45) is 0 Å². The fourth-order valence-corrected chi connectivity index (χ4v) is 3.24. The Morgan fingerprint density at radius 3 is 3.00 bits per heavy atom. The van der Waals surface area contributed by atoms with E-state index in [0.29, 0.717) is 6.61 Å². The molecule has 4 rings (SSSR count). The van der Waals surface area contributed by atoms with Crippen molar-refractivity contribution in [2.45, 2.75) is 26.5 Å². The lowest BCUT2D eigenvalue weighted by Gasteiger charge is -2.32. The van der Waals surface area contributed by atoms with Crippen molar-refractivity contribution in [3.63, 3.8) is 0 Å². The van der Waals surface area contributed by atoms with Gasteiger partial charge in [-0.15, -0.1) is 0 Å². The zero-order chi connectivity index (χ0) is 17.2. The molecule has 1 aliphatic rings. The lowest BCUT2D eigenvalue weighted by molar-refractivity contribution is -0.0356. The Bertz CT molecular complexity index is 824. The maximum atomic E-state index is 5.97. The molecule has 1 aliphatic heterocycles. The highest BCUT2D eigenvalue weighted by atomic mass is 16.5. The molecule has 0 aliphatic carbocycles. The number of H-pyrrole nitrogens is 1. The molecule has 0 radical (unpaired) electrons. The van der Waals surface area contributed by atoms with E-state index in [1.807, 2.05) is 38.2 Å². The minimum atomic E-state index is -0.0517. The molecule has 130 valence electrons. The van der Waals surface area contributed by atoms with Crippen LogP contribution in [0, 0.1) is 13.8 Å². The molecule has 0 unspecified atom stereocenters. The molecule has 0 saturated carbocycles. The number of hydrogen-bond donors (Lipinski definition) is 1. The van der Waals surface area contributed by atoms with Gasteiger partial charge in [0.25, 0.3) is 0 Å². The Hall–Kier alpha value is -2.51. The molecule has 25 heavy (non-hydrogen) atoms. The van der Waals surface area contributed by atoms with Crippen LogP contribution in [0.1, 0.15) is 29.1 Å². The summed E-state index contributed by atoms with van der Waals surface area (Å²) in [5.74, 6) is 1.75. The van der Waals surface area contributed by atoms with E-state index in [1.54, 1.807) is 6.20 Å². The SMILES string of the molecule is Cc1noc(C)c1-c1cccc([C@@H]2CN(Cc3ncc[nH]3)CCO2)n1. The van der Waals surface area contributed by atoms with Crippen LogP contribution in [0.5, 0.6) is 0 Å². The third kappa shape index (κ3) is 3.33. The van der Waals surface area contributed by atoms with Crippen molar-refractivity contribution in [1.29, 1.82) is 0 Å². The summed E-state index contributed by atoms with van der Waals surface area (Å²) in [6.07, 6.45) is 3.58. The molecule has 0 bridgehead atoms. The number of hydrogen-bond acceptors (Lipinski definition) is 6. The number of rotatable bonds is 4. The predicted octanol–water partition coefficient (Wildman–Crippen LogP) is 2.65. The molecule has 0 amide bonds. The Kier molecular flexibility index (Phi) is 4.33. The number of aromatic amines is 1. The Labute approximate surface area is 146 Å². The number of morpholine rings is 1. The third-order valence-electron chi connectivity index (χ3n) is 4.47. The maximum absolute atomic E-state index is 5.97. The predicted molar refractivity (Wildman–Crippen MR) is 91.8 cm³/mol. The van der Waals surface area contributed by atoms with Gasteiger partial charge in [-0.05, 0) is 26.0 Å². The standard InChI is InChI=1S/C18H21N5O2/c1-12-18(13(2)25-22-12)15-5-3-4-14(21-15)16-10-23(8-9-24-16)11-17-19-6-7-20-17/h3-7,16H,8-11H2,1-2H3,(H,19,20)/t16-/m0/s1. The zero-order valence-electron chi connectivity index (χ0n) is 14.4. The summed E-state index contributed by atoms with van der Waals surface area (Å²) in [7, 11) is 0. The van der Waals surface area contributed by atoms with E-state index in [1.165, 1.54) is 0 Å². The topological polar surface area (TPSA) is 80.1 Å². The molecular weight excluding hydrogens is 318 g/mol. The summed E-state index contributed by atoms with van der Waals surface area (Å²) in [6.45, 7) is 6.99. The molecule has 1 saturated heterocycles. The first-order chi connectivity index (χ1) is 12.2. The van der Waals surface area contributed by atoms with Gasteiger partial charge in [0.2, 0.25) is 0 Å². The smallest absolute Gasteiger partial charge is 0.143 e. The molecule has 0 spiro atoms. The minimum Gasteiger partial charge on any atom is -0.369 e. The van der Waals surface area contributed by atoms with Gasteiger partial charge in [-0.25, -0.2) is 9.97 Å². The van der Waals surface area contributed by atoms with E-state index < -0.39 is 0 Å². The first-order valence-electron chi connectivity index (χ1n) is 8.43. The second-order valence-electron chi connectivity index (χ2n) is 6.28. The summed E-state index contributed by atoms with van der Waals surface area (Å²) in [5, 5.41) is 4.02. The Morgan fingerprint density at radius 2 is 2.24 bits per heavy atom. The highest BCUT2D eigenvalue weighted by Crippen LogP contribution is 2.28. The molecule has 3 aromatic heterocycles. The average Bonchev–Trinajstić information content (AvgIpc) is 3.25. The van der Waals surface area contributed by atoms with Crippen LogP contribution in [0.25, 0.3) is 11.3 Å². The average molecular weight is 339 g/mol. The monoisotopic (exact) mass is 339 g/mol. The van der Waals surface area contributed by atoms with Gasteiger partial charge in [0, 0.05) is 25.5 Å². The summed E-state index contributed by atoms with van der Waals surface area (Å²) < 4.78 is 11.2. The molecule has 1 fully saturated rings. The summed E-state index contributed by atoms with van der Waals surface area (Å²) in [5.41, 5.74) is 3.62. The van der Waals surface area contributed by atoms with Gasteiger partial charge >= 0.3 is 0 Å². The highest BCUT2D eigenvalue weighted by molar-refractivity contribution is 5.63. The third-order valence-corrected chi connectivity index (χ3v) is 4.47. The molecule has 1 N–H and O–H groups in total. The summed E-state index contributed by atoms with van der Waals surface area (Å²) in [6, 6.07) is 6.01. The molecular formula is C18H21N5O2. The normalized spacial score (nSPS) is 18.6. The van der Waals surface area contributed by atoms with E-state index in [-0.39, 0.29) is 6.10 Å². The van der Waals surface area contributed by atoms with Gasteiger partial charge in [0.1, 0.15) is 17.7 Å². The highest BCUT2D eigenvalue weighted by Gasteiger charge is 2.24. The first kappa shape index (κ1) is 16.0. The van der Waals surface area contributed by atoms with E-state index in [9.17, 15) is 0 Å². The van der Waals surface area contributed by atoms with Crippen molar-refractivity contribution < 1.29 is 9.26 Å². The number of pyridine rings is 1. The second-order valence-corrected chi connectivity index (χ2v) is 6.28. The van der Waals surface area contributed by atoms with Crippen LogP contribution < -0.4 is 0 Å². The zero-order valence-corrected chi connectivity index (χ0v) is 14.4. The molecule has 4 heterocycles. The maximum Gasteiger partial charge on any atom is 0.143 e. The Morgan fingerprint density at radius 1 is 1.32 bits per heavy atom. The van der Waals surface area contributed by atoms with E-state index in [2.05, 4.69) is 20.0 Å². The molecule has 7 heteroatoms. The number of nitrogens with one attached hydrogen (secondary N) is 1. The van der Waals surface area contributed by atoms with Crippen LogP contribution >= 0.6 is 0 Å². The van der Waals surface area contributed by atoms with Gasteiger partial charge in [-0.1, -0.05) is 11.2 Å². The number of imidazole rings is 1. The van der Waals surface area contributed by atoms with E-state index in [0.717, 1.165) is 53.9 Å².